The van der Waals surface area contributed by atoms with Crippen molar-refractivity contribution in [1.82, 2.24) is 34.6 Å². The molecule has 1 unspecified atom stereocenters. The predicted octanol–water partition coefficient (Wildman–Crippen LogP) is 7.15. The number of rotatable bonds is 10. The molecule has 8 aliphatic rings. The first-order chi connectivity index (χ1) is 34.5. The number of amides is 5. The number of aromatic nitrogens is 3. The molecule has 15 heteroatoms. The van der Waals surface area contributed by atoms with Crippen molar-refractivity contribution in [3.63, 3.8) is 0 Å². The maximum absolute atomic E-state index is 15.2. The number of pyridine rings is 1. The highest BCUT2D eigenvalue weighted by atomic mass is 16.2. The van der Waals surface area contributed by atoms with Gasteiger partial charge in [0.2, 0.25) is 29.5 Å². The number of carbonyl (C=O) groups excluding carboxylic acids is 5. The summed E-state index contributed by atoms with van der Waals surface area (Å²) in [5.41, 5.74) is 7.25. The van der Waals surface area contributed by atoms with E-state index in [1.807, 2.05) is 40.4 Å². The summed E-state index contributed by atoms with van der Waals surface area (Å²) in [7, 11) is 0. The van der Waals surface area contributed by atoms with Crippen molar-refractivity contribution in [2.24, 2.45) is 11.8 Å². The number of carbonyl (C=O) groups is 5. The van der Waals surface area contributed by atoms with Crippen molar-refractivity contribution in [3.05, 3.63) is 66.0 Å². The van der Waals surface area contributed by atoms with Gasteiger partial charge in [-0.25, -0.2) is 9.97 Å². The van der Waals surface area contributed by atoms with Gasteiger partial charge in [-0.3, -0.25) is 29.3 Å². The Hall–Kier alpha value is -5.83. The fraction of sp³-hybridized carbons (Fsp3) is 0.589. The zero-order valence-corrected chi connectivity index (χ0v) is 41.6. The number of nitrogens with one attached hydrogen (secondary N) is 2. The van der Waals surface area contributed by atoms with Crippen molar-refractivity contribution in [2.75, 3.05) is 67.5 Å². The van der Waals surface area contributed by atoms with Gasteiger partial charge < -0.3 is 34.4 Å². The minimum atomic E-state index is -0.669. The van der Waals surface area contributed by atoms with Crippen molar-refractivity contribution in [1.29, 1.82) is 0 Å². The first-order valence-electron chi connectivity index (χ1n) is 27.1. The number of nitrogens with zero attached hydrogens (tertiary/aromatic N) is 8. The number of piperidine rings is 5. The molecule has 2 aromatic carbocycles. The van der Waals surface area contributed by atoms with E-state index in [-0.39, 0.29) is 59.4 Å². The highest BCUT2D eigenvalue weighted by molar-refractivity contribution is 6.09. The van der Waals surface area contributed by atoms with Gasteiger partial charge in [-0.2, -0.15) is 0 Å². The van der Waals surface area contributed by atoms with Crippen molar-refractivity contribution in [3.8, 4) is 11.3 Å². The molecule has 2 saturated carbocycles. The summed E-state index contributed by atoms with van der Waals surface area (Å²) in [5.74, 6) is 0.560. The molecule has 15 nitrogen and oxygen atoms in total. The summed E-state index contributed by atoms with van der Waals surface area (Å²) in [4.78, 5) is 88.6. The number of fused-ring (bicyclic) bond motifs is 3. The van der Waals surface area contributed by atoms with E-state index in [9.17, 15) is 19.2 Å². The van der Waals surface area contributed by atoms with Gasteiger partial charge in [0.05, 0.1) is 28.9 Å². The topological polar surface area (TPSA) is 156 Å². The number of hydrogen-bond acceptors (Lipinski definition) is 10. The molecular formula is C56H70N10O5. The van der Waals surface area contributed by atoms with Crippen LogP contribution in [0.2, 0.25) is 0 Å². The minimum absolute atomic E-state index is 0.0334. The standard InChI is InChI=1S/C56H70N10O5/c1-35(2)65-34-57-47-33-46(59-51(50(47)65)58-40-9-10-40)39-8-14-45-48(30-39)66(43-31-42(32-43)61-22-4-3-5-23-61)55(71)56(45)20-28-64(29-21-56)54(70)38-18-26-63(27-19-38)53(69)37-16-24-62(25-17-37)41-11-6-36(7-12-41)44-13-15-49(67)60-52(44)68/h6-8,11-12,14,30,33-35,37-38,40,42-44H,3-5,9-10,13,15-29,31-32H2,1-2H3,(H,58,59)(H,60,67,68). The van der Waals surface area contributed by atoms with Gasteiger partial charge in [-0.1, -0.05) is 30.7 Å². The molecule has 12 rings (SSSR count). The van der Waals surface area contributed by atoms with E-state index in [1.54, 1.807) is 0 Å². The second kappa shape index (κ2) is 18.7. The summed E-state index contributed by atoms with van der Waals surface area (Å²) in [6, 6.07) is 18.1. The molecule has 1 atom stereocenters. The van der Waals surface area contributed by atoms with Gasteiger partial charge in [0.1, 0.15) is 5.52 Å². The van der Waals surface area contributed by atoms with Crippen LogP contribution in [0.5, 0.6) is 0 Å². The number of imidazole rings is 1. The fourth-order valence-electron chi connectivity index (χ4n) is 13.4. The average molecular weight is 963 g/mol. The molecule has 2 aromatic heterocycles. The lowest BCUT2D eigenvalue weighted by molar-refractivity contribution is -0.144. The molecule has 8 heterocycles. The molecule has 0 bridgehead atoms. The zero-order chi connectivity index (χ0) is 48.5. The second-order valence-electron chi connectivity index (χ2n) is 22.5. The highest BCUT2D eigenvalue weighted by Crippen LogP contribution is 2.52. The molecule has 374 valence electrons. The highest BCUT2D eigenvalue weighted by Gasteiger charge is 2.56. The Morgan fingerprint density at radius 2 is 1.42 bits per heavy atom. The van der Waals surface area contributed by atoms with Gasteiger partial charge in [0.15, 0.2) is 5.82 Å². The maximum atomic E-state index is 15.2. The van der Waals surface area contributed by atoms with Crippen LogP contribution in [0.1, 0.15) is 133 Å². The Bertz CT molecular complexity index is 2710. The Balaban J connectivity index is 0.695. The molecule has 4 aromatic rings. The zero-order valence-electron chi connectivity index (χ0n) is 41.6. The Morgan fingerprint density at radius 1 is 0.746 bits per heavy atom. The molecule has 5 amide bonds. The van der Waals surface area contributed by atoms with Crippen LogP contribution in [0.4, 0.5) is 17.2 Å². The lowest BCUT2D eigenvalue weighted by atomic mass is 9.73. The van der Waals surface area contributed by atoms with E-state index in [2.05, 4.69) is 68.0 Å². The molecule has 2 N–H and O–H groups in total. The van der Waals surface area contributed by atoms with E-state index < -0.39 is 5.41 Å². The molecular weight excluding hydrogens is 893 g/mol. The Morgan fingerprint density at radius 3 is 2.08 bits per heavy atom. The average Bonchev–Trinajstić information content (AvgIpc) is 4.05. The summed E-state index contributed by atoms with van der Waals surface area (Å²) in [5, 5.41) is 6.16. The first kappa shape index (κ1) is 46.3. The number of hydrogen-bond donors (Lipinski definition) is 2. The van der Waals surface area contributed by atoms with Crippen molar-refractivity contribution >= 4 is 57.8 Å². The van der Waals surface area contributed by atoms with Crippen LogP contribution in [-0.2, 0) is 29.4 Å². The minimum Gasteiger partial charge on any atom is -0.371 e. The third kappa shape index (κ3) is 8.57. The van der Waals surface area contributed by atoms with Crippen LogP contribution in [0.25, 0.3) is 22.3 Å². The first-order valence-corrected chi connectivity index (χ1v) is 27.1. The molecule has 7 fully saturated rings. The summed E-state index contributed by atoms with van der Waals surface area (Å²) >= 11 is 0. The normalized spacial score (nSPS) is 25.5. The molecule has 71 heavy (non-hydrogen) atoms. The smallest absolute Gasteiger partial charge is 0.238 e. The van der Waals surface area contributed by atoms with Gasteiger partial charge in [-0.05, 0) is 146 Å². The van der Waals surface area contributed by atoms with Crippen LogP contribution < -0.4 is 20.4 Å². The number of imide groups is 1. The van der Waals surface area contributed by atoms with Crippen LogP contribution in [0, 0.1) is 11.8 Å². The molecule has 5 saturated heterocycles. The van der Waals surface area contributed by atoms with E-state index in [0.717, 1.165) is 115 Å². The van der Waals surface area contributed by atoms with E-state index in [0.29, 0.717) is 76.8 Å². The van der Waals surface area contributed by atoms with Crippen LogP contribution in [0.15, 0.2) is 54.9 Å². The summed E-state index contributed by atoms with van der Waals surface area (Å²) < 4.78 is 2.20. The van der Waals surface area contributed by atoms with Crippen molar-refractivity contribution in [2.45, 2.75) is 146 Å². The number of likely N-dealkylation sites (tertiary alicyclic amines) is 3. The fourth-order valence-corrected chi connectivity index (χ4v) is 13.4. The maximum Gasteiger partial charge on any atom is 0.238 e. The Labute approximate surface area is 417 Å². The number of benzene rings is 2. The van der Waals surface area contributed by atoms with Crippen LogP contribution >= 0.6 is 0 Å². The monoisotopic (exact) mass is 963 g/mol. The van der Waals surface area contributed by atoms with Gasteiger partial charge in [-0.15, -0.1) is 0 Å². The molecule has 6 aliphatic heterocycles. The molecule has 0 radical (unpaired) electrons. The van der Waals surface area contributed by atoms with Crippen molar-refractivity contribution < 1.29 is 24.0 Å². The third-order valence-corrected chi connectivity index (χ3v) is 17.9. The number of anilines is 3. The predicted molar refractivity (Wildman–Crippen MR) is 273 cm³/mol. The van der Waals surface area contributed by atoms with Gasteiger partial charge >= 0.3 is 0 Å². The lowest BCUT2D eigenvalue weighted by Crippen LogP contribution is -2.58. The van der Waals surface area contributed by atoms with Crippen LogP contribution in [0.3, 0.4) is 0 Å². The van der Waals surface area contributed by atoms with E-state index in [4.69, 9.17) is 9.97 Å². The molecule has 1 spiro atoms. The summed E-state index contributed by atoms with van der Waals surface area (Å²) in [6.07, 6.45) is 15.0. The van der Waals surface area contributed by atoms with E-state index in [1.165, 1.54) is 19.3 Å². The summed E-state index contributed by atoms with van der Waals surface area (Å²) in [6.45, 7) is 10.5. The molecule has 2 aliphatic carbocycles. The van der Waals surface area contributed by atoms with Crippen LogP contribution in [-0.4, -0.2) is 129 Å². The quantitative estimate of drug-likeness (QED) is 0.157. The van der Waals surface area contributed by atoms with Gasteiger partial charge in [0, 0.05) is 98.6 Å². The Kier molecular flexibility index (Phi) is 12.2. The largest absolute Gasteiger partial charge is 0.371 e. The third-order valence-electron chi connectivity index (χ3n) is 17.9. The SMILES string of the molecule is CC(C)n1cnc2cc(-c3ccc4c(c3)N(C3CC(N5CCCCC5)C3)C(=O)C43CCN(C(=O)C4CCN(C(=O)C5CCN(c6ccc(C7CCC(=O)NC7=O)cc6)CC5)CC4)CC3)nc(NC3CC3)c21. The van der Waals surface area contributed by atoms with Gasteiger partial charge in [0.25, 0.3) is 0 Å². The second-order valence-corrected chi connectivity index (χ2v) is 22.5. The lowest BCUT2D eigenvalue weighted by Gasteiger charge is -2.48. The van der Waals surface area contributed by atoms with E-state index >= 15 is 4.79 Å².